The van der Waals surface area contributed by atoms with Gasteiger partial charge in [0.25, 0.3) is 0 Å². The lowest BCUT2D eigenvalue weighted by Crippen LogP contribution is -2.24. The van der Waals surface area contributed by atoms with Crippen molar-refractivity contribution in [1.29, 1.82) is 0 Å². The van der Waals surface area contributed by atoms with Gasteiger partial charge >= 0.3 is 0 Å². The van der Waals surface area contributed by atoms with E-state index in [-0.39, 0.29) is 5.60 Å². The molecular weight excluding hydrogens is 308 g/mol. The number of hydrogen-bond acceptors (Lipinski definition) is 3. The second-order valence-corrected chi connectivity index (χ2v) is 7.71. The van der Waals surface area contributed by atoms with Gasteiger partial charge in [0.05, 0.1) is 5.60 Å². The Labute approximate surface area is 143 Å². The molecule has 1 aromatic carbocycles. The van der Waals surface area contributed by atoms with E-state index in [0.29, 0.717) is 6.61 Å². The van der Waals surface area contributed by atoms with Gasteiger partial charge in [0, 0.05) is 28.6 Å². The van der Waals surface area contributed by atoms with Gasteiger partial charge in [-0.2, -0.15) is 0 Å². The molecule has 0 saturated carbocycles. The number of ether oxygens (including phenoxy) is 2. The van der Waals surface area contributed by atoms with Crippen molar-refractivity contribution in [2.45, 2.75) is 57.5 Å². The predicted octanol–water partition coefficient (Wildman–Crippen LogP) is 4.73. The first-order valence-electron chi connectivity index (χ1n) is 8.20. The molecule has 0 aliphatic carbocycles. The van der Waals surface area contributed by atoms with Crippen LogP contribution in [-0.4, -0.2) is 29.3 Å². The summed E-state index contributed by atoms with van der Waals surface area (Å²) in [7, 11) is -0.941. The Bertz CT molecular complexity index is 518. The maximum absolute atomic E-state index is 11.3. The molecular formula is C19H30O3S. The molecule has 0 aliphatic rings. The van der Waals surface area contributed by atoms with Crippen LogP contribution in [0.15, 0.2) is 40.8 Å². The van der Waals surface area contributed by atoms with Crippen LogP contribution in [0.2, 0.25) is 0 Å². The summed E-state index contributed by atoms with van der Waals surface area (Å²) in [5, 5.41) is 0. The van der Waals surface area contributed by atoms with Crippen molar-refractivity contribution in [3.8, 4) is 5.75 Å². The van der Waals surface area contributed by atoms with Crippen LogP contribution < -0.4 is 4.74 Å². The summed E-state index contributed by atoms with van der Waals surface area (Å²) >= 11 is 0. The first-order valence-corrected chi connectivity index (χ1v) is 9.76. The summed E-state index contributed by atoms with van der Waals surface area (Å²) in [6.07, 6.45) is 7.04. The van der Waals surface area contributed by atoms with Gasteiger partial charge in [-0.1, -0.05) is 5.57 Å². The van der Waals surface area contributed by atoms with Crippen molar-refractivity contribution in [3.05, 3.63) is 35.9 Å². The highest BCUT2D eigenvalue weighted by atomic mass is 32.2. The second-order valence-electron chi connectivity index (χ2n) is 6.33. The zero-order valence-electron chi connectivity index (χ0n) is 15.1. The van der Waals surface area contributed by atoms with Crippen LogP contribution in [0, 0.1) is 0 Å². The van der Waals surface area contributed by atoms with Crippen LogP contribution in [0.1, 0.15) is 47.0 Å². The van der Waals surface area contributed by atoms with Gasteiger partial charge in [0.1, 0.15) is 12.4 Å². The van der Waals surface area contributed by atoms with E-state index in [1.807, 2.05) is 31.2 Å². The van der Waals surface area contributed by atoms with Crippen molar-refractivity contribution >= 4 is 10.8 Å². The van der Waals surface area contributed by atoms with Crippen molar-refractivity contribution in [3.63, 3.8) is 0 Å². The average Bonchev–Trinajstić information content (AvgIpc) is 2.47. The lowest BCUT2D eigenvalue weighted by molar-refractivity contribution is -0.0173. The summed E-state index contributed by atoms with van der Waals surface area (Å²) in [5.41, 5.74) is 1.30. The fourth-order valence-electron chi connectivity index (χ4n) is 2.37. The lowest BCUT2D eigenvalue weighted by atomic mass is 9.99. The molecule has 23 heavy (non-hydrogen) atoms. The Morgan fingerprint density at radius 1 is 1.26 bits per heavy atom. The van der Waals surface area contributed by atoms with Gasteiger partial charge in [0.2, 0.25) is 0 Å². The van der Waals surface area contributed by atoms with Gasteiger partial charge in [0.15, 0.2) is 0 Å². The smallest absolute Gasteiger partial charge is 0.119 e. The Balaban J connectivity index is 2.32. The fraction of sp³-hybridized carbons (Fsp3) is 0.579. The topological polar surface area (TPSA) is 35.5 Å². The molecule has 3 nitrogen and oxygen atoms in total. The van der Waals surface area contributed by atoms with E-state index in [4.69, 9.17) is 9.47 Å². The minimum Gasteiger partial charge on any atom is -0.490 e. The predicted molar refractivity (Wildman–Crippen MR) is 97.6 cm³/mol. The minimum absolute atomic E-state index is 0.0351. The van der Waals surface area contributed by atoms with Gasteiger partial charge in [-0.3, -0.25) is 4.21 Å². The molecule has 0 amide bonds. The van der Waals surface area contributed by atoms with E-state index in [0.717, 1.165) is 36.5 Å². The first-order chi connectivity index (χ1) is 10.8. The van der Waals surface area contributed by atoms with Crippen molar-refractivity contribution in [1.82, 2.24) is 0 Å². The molecule has 1 atom stereocenters. The number of rotatable bonds is 10. The van der Waals surface area contributed by atoms with Gasteiger partial charge < -0.3 is 9.47 Å². The van der Waals surface area contributed by atoms with Crippen LogP contribution in [0.25, 0.3) is 0 Å². The van der Waals surface area contributed by atoms with Crippen molar-refractivity contribution < 1.29 is 13.7 Å². The van der Waals surface area contributed by atoms with Crippen molar-refractivity contribution in [2.75, 3.05) is 19.5 Å². The van der Waals surface area contributed by atoms with Crippen LogP contribution in [0.3, 0.4) is 0 Å². The standard InChI is InChI=1S/C19H30O3S/c1-6-22-19(3,4)14-7-8-16(2)13-15-21-17-9-11-18(12-10-17)23(5)20/h9-13H,6-8,14-15H2,1-5H3/b16-13+. The molecule has 0 radical (unpaired) electrons. The zero-order chi connectivity index (χ0) is 17.3. The molecule has 4 heteroatoms. The third-order valence-electron chi connectivity index (χ3n) is 3.72. The fourth-order valence-corrected chi connectivity index (χ4v) is 2.88. The first kappa shape index (κ1) is 19.9. The Morgan fingerprint density at radius 3 is 2.48 bits per heavy atom. The summed E-state index contributed by atoms with van der Waals surface area (Å²) in [6.45, 7) is 9.79. The Morgan fingerprint density at radius 2 is 1.91 bits per heavy atom. The summed E-state index contributed by atoms with van der Waals surface area (Å²) in [4.78, 5) is 0.820. The van der Waals surface area contributed by atoms with Crippen LogP contribution in [-0.2, 0) is 15.5 Å². The van der Waals surface area contributed by atoms with E-state index in [1.54, 1.807) is 6.26 Å². The molecule has 0 saturated heterocycles. The van der Waals surface area contributed by atoms with E-state index in [9.17, 15) is 4.21 Å². The highest BCUT2D eigenvalue weighted by Crippen LogP contribution is 2.20. The SMILES string of the molecule is CCOC(C)(C)CCC/C(C)=C/COc1ccc(S(C)=O)cc1. The average molecular weight is 339 g/mol. The summed E-state index contributed by atoms with van der Waals surface area (Å²) in [6, 6.07) is 7.42. The molecule has 0 N–H and O–H groups in total. The van der Waals surface area contributed by atoms with E-state index < -0.39 is 10.8 Å². The van der Waals surface area contributed by atoms with Gasteiger partial charge in [-0.25, -0.2) is 0 Å². The molecule has 0 fully saturated rings. The van der Waals surface area contributed by atoms with Crippen LogP contribution in [0.5, 0.6) is 5.75 Å². The summed E-state index contributed by atoms with van der Waals surface area (Å²) in [5.74, 6) is 0.806. The van der Waals surface area contributed by atoms with Crippen molar-refractivity contribution in [2.24, 2.45) is 0 Å². The number of hydrogen-bond donors (Lipinski definition) is 0. The minimum atomic E-state index is -0.941. The monoisotopic (exact) mass is 338 g/mol. The molecule has 0 heterocycles. The zero-order valence-corrected chi connectivity index (χ0v) is 15.9. The molecule has 1 rings (SSSR count). The number of benzene rings is 1. The third-order valence-corrected chi connectivity index (χ3v) is 4.66. The van der Waals surface area contributed by atoms with Gasteiger partial charge in [-0.05, 0) is 77.3 Å². The molecule has 0 aromatic heterocycles. The lowest BCUT2D eigenvalue weighted by Gasteiger charge is -2.24. The highest BCUT2D eigenvalue weighted by Gasteiger charge is 2.16. The van der Waals surface area contributed by atoms with E-state index >= 15 is 0 Å². The maximum Gasteiger partial charge on any atom is 0.119 e. The Hall–Kier alpha value is -1.13. The van der Waals surface area contributed by atoms with E-state index in [2.05, 4.69) is 26.8 Å². The molecule has 0 bridgehead atoms. The van der Waals surface area contributed by atoms with E-state index in [1.165, 1.54) is 5.57 Å². The molecule has 1 unspecified atom stereocenters. The number of allylic oxidation sites excluding steroid dienone is 1. The van der Waals surface area contributed by atoms with Crippen LogP contribution >= 0.6 is 0 Å². The normalized spacial score (nSPS) is 13.9. The molecule has 0 aliphatic heterocycles. The molecule has 0 spiro atoms. The maximum atomic E-state index is 11.3. The molecule has 1 aromatic rings. The third kappa shape index (κ3) is 8.33. The van der Waals surface area contributed by atoms with Gasteiger partial charge in [-0.15, -0.1) is 0 Å². The largest absolute Gasteiger partial charge is 0.490 e. The summed E-state index contributed by atoms with van der Waals surface area (Å²) < 4.78 is 22.7. The second kappa shape index (κ2) is 9.89. The highest BCUT2D eigenvalue weighted by molar-refractivity contribution is 7.84. The Kier molecular flexibility index (Phi) is 8.56. The quantitative estimate of drug-likeness (QED) is 0.578. The van der Waals surface area contributed by atoms with Crippen LogP contribution in [0.4, 0.5) is 0 Å². The molecule has 130 valence electrons.